The van der Waals surface area contributed by atoms with Gasteiger partial charge in [-0.2, -0.15) is 0 Å². The summed E-state index contributed by atoms with van der Waals surface area (Å²) in [5.74, 6) is -1.95. The maximum atomic E-state index is 15.9. The predicted molar refractivity (Wildman–Crippen MR) is 154 cm³/mol. The molecule has 0 bridgehead atoms. The van der Waals surface area contributed by atoms with Crippen molar-refractivity contribution in [2.45, 2.75) is 68.4 Å². The summed E-state index contributed by atoms with van der Waals surface area (Å²) in [6, 6.07) is 16.2. The molecule has 0 radical (unpaired) electrons. The lowest BCUT2D eigenvalue weighted by molar-refractivity contribution is -0.124. The van der Waals surface area contributed by atoms with E-state index < -0.39 is 28.7 Å². The number of ketones is 2. The van der Waals surface area contributed by atoms with E-state index >= 15 is 4.39 Å². The highest BCUT2D eigenvalue weighted by atomic mass is 35.5. The van der Waals surface area contributed by atoms with Crippen molar-refractivity contribution in [2.75, 3.05) is 5.32 Å². The summed E-state index contributed by atoms with van der Waals surface area (Å²) < 4.78 is 15.9. The molecule has 1 amide bonds. The molecule has 2 N–H and O–H groups in total. The van der Waals surface area contributed by atoms with Gasteiger partial charge >= 0.3 is 0 Å². The molecule has 2 spiro atoms. The molecule has 2 heterocycles. The van der Waals surface area contributed by atoms with Crippen LogP contribution >= 0.6 is 23.2 Å². The van der Waals surface area contributed by atoms with Crippen LogP contribution in [-0.4, -0.2) is 29.1 Å². The second kappa shape index (κ2) is 10.1. The Kier molecular flexibility index (Phi) is 6.84. The SMILES string of the molecule is CC(=O)c1ccc(CC(=O)[C@@H]2NC3(CCCCC3)[C@@]3(C(=O)Nc4cc(Cl)ccc43)[C@H]2c2cccc(Cl)c2F)cc1. The third kappa shape index (κ3) is 4.03. The summed E-state index contributed by atoms with van der Waals surface area (Å²) in [5, 5.41) is 7.12. The smallest absolute Gasteiger partial charge is 0.237 e. The molecule has 8 heteroatoms. The minimum absolute atomic E-state index is 0.0565. The minimum Gasteiger partial charge on any atom is -0.325 e. The van der Waals surface area contributed by atoms with Gasteiger partial charge < -0.3 is 5.32 Å². The van der Waals surface area contributed by atoms with Crippen LogP contribution in [0.2, 0.25) is 10.0 Å². The number of hydrogen-bond acceptors (Lipinski definition) is 4. The fourth-order valence-electron chi connectivity index (χ4n) is 7.44. The van der Waals surface area contributed by atoms with Gasteiger partial charge in [0.2, 0.25) is 5.91 Å². The molecule has 3 atom stereocenters. The van der Waals surface area contributed by atoms with Crippen molar-refractivity contribution in [2.24, 2.45) is 0 Å². The number of benzene rings is 3. The van der Waals surface area contributed by atoms with E-state index in [0.717, 1.165) is 30.4 Å². The molecule has 3 aromatic carbocycles. The third-order valence-corrected chi connectivity index (χ3v) is 9.64. The zero-order valence-corrected chi connectivity index (χ0v) is 23.5. The number of rotatable bonds is 5. The van der Waals surface area contributed by atoms with Crippen LogP contribution in [0.3, 0.4) is 0 Å². The van der Waals surface area contributed by atoms with Crippen LogP contribution in [0.5, 0.6) is 0 Å². The number of halogens is 3. The molecule has 2 aliphatic heterocycles. The van der Waals surface area contributed by atoms with Crippen molar-refractivity contribution in [3.8, 4) is 0 Å². The van der Waals surface area contributed by atoms with Gasteiger partial charge in [0, 0.05) is 34.2 Å². The van der Waals surface area contributed by atoms with Crippen molar-refractivity contribution < 1.29 is 18.8 Å². The highest BCUT2D eigenvalue weighted by molar-refractivity contribution is 6.31. The van der Waals surface area contributed by atoms with Gasteiger partial charge in [0.25, 0.3) is 0 Å². The van der Waals surface area contributed by atoms with Crippen LogP contribution in [0.1, 0.15) is 72.0 Å². The Bertz CT molecular complexity index is 1530. The number of carbonyl (C=O) groups is 3. The topological polar surface area (TPSA) is 75.3 Å². The van der Waals surface area contributed by atoms with E-state index in [1.54, 1.807) is 48.5 Å². The summed E-state index contributed by atoms with van der Waals surface area (Å²) in [6.45, 7) is 1.49. The molecule has 206 valence electrons. The molecule has 3 aromatic rings. The van der Waals surface area contributed by atoms with Gasteiger partial charge in [0.05, 0.1) is 11.1 Å². The Balaban J connectivity index is 1.54. The second-order valence-electron chi connectivity index (χ2n) is 11.2. The van der Waals surface area contributed by atoms with Crippen LogP contribution in [0.4, 0.5) is 10.1 Å². The Morgan fingerprint density at radius 2 is 1.73 bits per heavy atom. The maximum absolute atomic E-state index is 15.9. The van der Waals surface area contributed by atoms with Crippen molar-refractivity contribution in [3.05, 3.63) is 98.8 Å². The Morgan fingerprint density at radius 1 is 1.00 bits per heavy atom. The van der Waals surface area contributed by atoms with Crippen molar-refractivity contribution in [1.29, 1.82) is 0 Å². The van der Waals surface area contributed by atoms with Crippen molar-refractivity contribution in [1.82, 2.24) is 5.32 Å². The van der Waals surface area contributed by atoms with Gasteiger partial charge in [-0.15, -0.1) is 0 Å². The van der Waals surface area contributed by atoms with Crippen LogP contribution in [0, 0.1) is 5.82 Å². The van der Waals surface area contributed by atoms with Crippen LogP contribution < -0.4 is 10.6 Å². The second-order valence-corrected chi connectivity index (χ2v) is 12.1. The molecule has 0 aromatic heterocycles. The molecule has 5 nitrogen and oxygen atoms in total. The quantitative estimate of drug-likeness (QED) is 0.327. The number of Topliss-reactive ketones (excluding diaryl/α,β-unsaturated/α-hetero) is 2. The lowest BCUT2D eigenvalue weighted by Gasteiger charge is -2.47. The fourth-order valence-corrected chi connectivity index (χ4v) is 7.79. The molecule has 2 fully saturated rings. The van der Waals surface area contributed by atoms with Crippen molar-refractivity contribution in [3.63, 3.8) is 0 Å². The first-order chi connectivity index (χ1) is 19.2. The van der Waals surface area contributed by atoms with Gasteiger partial charge in [-0.1, -0.05) is 84.9 Å². The highest BCUT2D eigenvalue weighted by Gasteiger charge is 2.72. The van der Waals surface area contributed by atoms with E-state index in [2.05, 4.69) is 10.6 Å². The van der Waals surface area contributed by atoms with E-state index in [-0.39, 0.29) is 34.5 Å². The average molecular weight is 579 g/mol. The maximum Gasteiger partial charge on any atom is 0.237 e. The average Bonchev–Trinajstić information content (AvgIpc) is 3.38. The van der Waals surface area contributed by atoms with Crippen molar-refractivity contribution >= 4 is 46.4 Å². The number of hydrogen-bond donors (Lipinski definition) is 2. The summed E-state index contributed by atoms with van der Waals surface area (Å²) in [7, 11) is 0. The number of nitrogens with one attached hydrogen (secondary N) is 2. The molecule has 1 saturated heterocycles. The summed E-state index contributed by atoms with van der Waals surface area (Å²) >= 11 is 12.6. The summed E-state index contributed by atoms with van der Waals surface area (Å²) in [5.41, 5.74) is 0.831. The zero-order chi connectivity index (χ0) is 28.2. The largest absolute Gasteiger partial charge is 0.325 e. The monoisotopic (exact) mass is 578 g/mol. The first-order valence-electron chi connectivity index (χ1n) is 13.6. The van der Waals surface area contributed by atoms with E-state index in [0.29, 0.717) is 29.1 Å². The molecule has 1 saturated carbocycles. The van der Waals surface area contributed by atoms with Gasteiger partial charge in [0.15, 0.2) is 11.6 Å². The molecule has 6 rings (SSSR count). The fraction of sp³-hybridized carbons (Fsp3) is 0.344. The summed E-state index contributed by atoms with van der Waals surface area (Å²) in [4.78, 5) is 40.3. The Morgan fingerprint density at radius 3 is 2.42 bits per heavy atom. The van der Waals surface area contributed by atoms with Gasteiger partial charge in [0.1, 0.15) is 11.2 Å². The molecule has 40 heavy (non-hydrogen) atoms. The highest BCUT2D eigenvalue weighted by Crippen LogP contribution is 2.62. The molecular formula is C32H29Cl2FN2O3. The van der Waals surface area contributed by atoms with E-state index in [1.165, 1.54) is 13.0 Å². The standard InChI is InChI=1S/C32H29Cl2FN2O3/c1-18(38)20-10-8-19(9-11-20)16-26(39)29-27(22-6-5-7-24(34)28(22)35)32(31(37-29)14-3-2-4-15-31)23-13-12-21(33)17-25(23)36-30(32)40/h5-13,17,27,29,37H,2-4,14-16H2,1H3,(H,36,40)/t27-,29-,32+/m0/s1. The van der Waals surface area contributed by atoms with Crippen LogP contribution in [0.25, 0.3) is 0 Å². The van der Waals surface area contributed by atoms with Gasteiger partial charge in [-0.25, -0.2) is 4.39 Å². The first kappa shape index (κ1) is 27.1. The zero-order valence-electron chi connectivity index (χ0n) is 22.0. The van der Waals surface area contributed by atoms with Gasteiger partial charge in [-0.05, 0) is 54.7 Å². The van der Waals surface area contributed by atoms with Gasteiger partial charge in [-0.3, -0.25) is 19.7 Å². The Hall–Kier alpha value is -3.06. The number of anilines is 1. The predicted octanol–water partition coefficient (Wildman–Crippen LogP) is 6.80. The number of amides is 1. The van der Waals surface area contributed by atoms with Crippen LogP contribution in [-0.2, 0) is 21.4 Å². The van der Waals surface area contributed by atoms with E-state index in [4.69, 9.17) is 23.2 Å². The number of carbonyl (C=O) groups excluding carboxylic acids is 3. The minimum atomic E-state index is -1.25. The lowest BCUT2D eigenvalue weighted by atomic mass is 9.55. The lowest BCUT2D eigenvalue weighted by Crippen LogP contribution is -2.60. The van der Waals surface area contributed by atoms with E-state index in [1.807, 2.05) is 6.07 Å². The molecular weight excluding hydrogens is 550 g/mol. The van der Waals surface area contributed by atoms with E-state index in [9.17, 15) is 14.4 Å². The summed E-state index contributed by atoms with van der Waals surface area (Å²) in [6.07, 6.45) is 4.17. The first-order valence-corrected chi connectivity index (χ1v) is 14.4. The normalized spacial score (nSPS) is 24.8. The molecule has 3 aliphatic rings. The van der Waals surface area contributed by atoms with Crippen LogP contribution in [0.15, 0.2) is 60.7 Å². The molecule has 1 aliphatic carbocycles. The molecule has 0 unspecified atom stereocenters. The Labute approximate surface area is 242 Å². The number of fused-ring (bicyclic) bond motifs is 3. The third-order valence-electron chi connectivity index (χ3n) is 9.11.